The first kappa shape index (κ1) is 18.4. The third-order valence-electron chi connectivity index (χ3n) is 5.08. The minimum absolute atomic E-state index is 0.0417. The standard InChI is InChI=1S/C21H22FN3O3/c22-15-5-7-16(8-6-15)28-17-9-11-24(12-10-17)14-21(27)25-13-20(26)23-18-3-1-2-4-19(18)25/h1-8,17H,9-14H2,(H,23,26). The molecule has 0 unspecified atom stereocenters. The van der Waals surface area contributed by atoms with E-state index in [9.17, 15) is 14.0 Å². The SMILES string of the molecule is O=C1CN(C(=O)CN2CCC(Oc3ccc(F)cc3)CC2)c2ccccc2N1. The van der Waals surface area contributed by atoms with Crippen molar-refractivity contribution in [2.45, 2.75) is 18.9 Å². The smallest absolute Gasteiger partial charge is 0.244 e. The minimum atomic E-state index is -0.284. The van der Waals surface area contributed by atoms with Gasteiger partial charge in [0.2, 0.25) is 11.8 Å². The first-order valence-electron chi connectivity index (χ1n) is 9.42. The Labute approximate surface area is 162 Å². The molecule has 0 bridgehead atoms. The molecular weight excluding hydrogens is 361 g/mol. The summed E-state index contributed by atoms with van der Waals surface area (Å²) >= 11 is 0. The fraction of sp³-hybridized carbons (Fsp3) is 0.333. The highest BCUT2D eigenvalue weighted by molar-refractivity contribution is 6.10. The molecule has 1 fully saturated rings. The second-order valence-corrected chi connectivity index (χ2v) is 7.09. The summed E-state index contributed by atoms with van der Waals surface area (Å²) in [4.78, 5) is 28.4. The zero-order chi connectivity index (χ0) is 19.5. The number of ether oxygens (including phenoxy) is 1. The van der Waals surface area contributed by atoms with Gasteiger partial charge in [-0.3, -0.25) is 19.4 Å². The van der Waals surface area contributed by atoms with Gasteiger partial charge in [-0.1, -0.05) is 12.1 Å². The quantitative estimate of drug-likeness (QED) is 0.882. The molecule has 0 saturated carbocycles. The maximum Gasteiger partial charge on any atom is 0.244 e. The number of para-hydroxylation sites is 2. The van der Waals surface area contributed by atoms with Gasteiger partial charge in [-0.25, -0.2) is 4.39 Å². The van der Waals surface area contributed by atoms with Gasteiger partial charge >= 0.3 is 0 Å². The lowest BCUT2D eigenvalue weighted by Gasteiger charge is -2.34. The summed E-state index contributed by atoms with van der Waals surface area (Å²) in [6, 6.07) is 13.4. The number of fused-ring (bicyclic) bond motifs is 1. The van der Waals surface area contributed by atoms with Crippen LogP contribution >= 0.6 is 0 Å². The molecule has 0 spiro atoms. The molecule has 2 aromatic rings. The number of likely N-dealkylation sites (tertiary alicyclic amines) is 1. The Morgan fingerprint density at radius 2 is 1.82 bits per heavy atom. The van der Waals surface area contributed by atoms with Crippen LogP contribution in [0.3, 0.4) is 0 Å². The zero-order valence-corrected chi connectivity index (χ0v) is 15.4. The number of hydrogen-bond donors (Lipinski definition) is 1. The normalized spacial score (nSPS) is 17.8. The van der Waals surface area contributed by atoms with Crippen molar-refractivity contribution in [3.05, 3.63) is 54.3 Å². The number of benzene rings is 2. The molecule has 6 nitrogen and oxygen atoms in total. The van der Waals surface area contributed by atoms with E-state index < -0.39 is 0 Å². The Kier molecular flexibility index (Phi) is 5.25. The molecule has 0 atom stereocenters. The summed E-state index contributed by atoms with van der Waals surface area (Å²) in [5.41, 5.74) is 1.40. The van der Waals surface area contributed by atoms with Crippen molar-refractivity contribution in [2.24, 2.45) is 0 Å². The average molecular weight is 383 g/mol. The molecule has 7 heteroatoms. The lowest BCUT2D eigenvalue weighted by molar-refractivity contribution is -0.123. The first-order valence-corrected chi connectivity index (χ1v) is 9.42. The van der Waals surface area contributed by atoms with Crippen molar-refractivity contribution in [2.75, 3.05) is 36.4 Å². The predicted molar refractivity (Wildman–Crippen MR) is 104 cm³/mol. The first-order chi connectivity index (χ1) is 13.6. The fourth-order valence-corrected chi connectivity index (χ4v) is 3.62. The van der Waals surface area contributed by atoms with Crippen molar-refractivity contribution in [1.29, 1.82) is 0 Å². The summed E-state index contributed by atoms with van der Waals surface area (Å²) in [7, 11) is 0. The maximum absolute atomic E-state index is 13.0. The topological polar surface area (TPSA) is 61.9 Å². The summed E-state index contributed by atoms with van der Waals surface area (Å²) in [5, 5.41) is 2.79. The van der Waals surface area contributed by atoms with Gasteiger partial charge < -0.3 is 10.1 Å². The molecule has 2 amide bonds. The zero-order valence-electron chi connectivity index (χ0n) is 15.4. The van der Waals surface area contributed by atoms with Crippen LogP contribution in [0.15, 0.2) is 48.5 Å². The largest absolute Gasteiger partial charge is 0.490 e. The van der Waals surface area contributed by atoms with Gasteiger partial charge in [0, 0.05) is 13.1 Å². The molecule has 1 saturated heterocycles. The summed E-state index contributed by atoms with van der Waals surface area (Å²) in [6.45, 7) is 1.78. The van der Waals surface area contributed by atoms with Crippen molar-refractivity contribution < 1.29 is 18.7 Å². The van der Waals surface area contributed by atoms with Crippen LogP contribution in [0, 0.1) is 5.82 Å². The molecule has 0 radical (unpaired) electrons. The monoisotopic (exact) mass is 383 g/mol. The van der Waals surface area contributed by atoms with E-state index in [-0.39, 0.29) is 36.8 Å². The van der Waals surface area contributed by atoms with Gasteiger partial charge in [0.15, 0.2) is 0 Å². The van der Waals surface area contributed by atoms with Crippen LogP contribution in [0.25, 0.3) is 0 Å². The van der Waals surface area contributed by atoms with E-state index in [1.165, 1.54) is 12.1 Å². The lowest BCUT2D eigenvalue weighted by Crippen LogP contribution is -2.48. The molecule has 2 aliphatic rings. The van der Waals surface area contributed by atoms with Gasteiger partial charge in [-0.2, -0.15) is 0 Å². The van der Waals surface area contributed by atoms with E-state index >= 15 is 0 Å². The number of carbonyl (C=O) groups is 2. The van der Waals surface area contributed by atoms with Crippen LogP contribution in [0.5, 0.6) is 5.75 Å². The Bertz CT molecular complexity index is 863. The predicted octanol–water partition coefficient (Wildman–Crippen LogP) is 2.65. The van der Waals surface area contributed by atoms with Gasteiger partial charge in [-0.15, -0.1) is 0 Å². The van der Waals surface area contributed by atoms with Crippen LogP contribution in [0.1, 0.15) is 12.8 Å². The van der Waals surface area contributed by atoms with E-state index in [1.54, 1.807) is 23.1 Å². The third kappa shape index (κ3) is 4.14. The molecule has 2 heterocycles. The van der Waals surface area contributed by atoms with Crippen LogP contribution < -0.4 is 15.0 Å². The summed E-state index contributed by atoms with van der Waals surface area (Å²) < 4.78 is 18.9. The average Bonchev–Trinajstić information content (AvgIpc) is 2.70. The Hall–Kier alpha value is -2.93. The van der Waals surface area contributed by atoms with Crippen molar-refractivity contribution >= 4 is 23.2 Å². The fourth-order valence-electron chi connectivity index (χ4n) is 3.62. The molecule has 0 aromatic heterocycles. The van der Waals surface area contributed by atoms with Gasteiger partial charge in [0.1, 0.15) is 24.2 Å². The van der Waals surface area contributed by atoms with Gasteiger partial charge in [-0.05, 0) is 49.2 Å². The number of halogens is 1. The number of piperidine rings is 1. The van der Waals surface area contributed by atoms with Crippen LogP contribution in [0.4, 0.5) is 15.8 Å². The molecule has 28 heavy (non-hydrogen) atoms. The molecule has 0 aliphatic carbocycles. The van der Waals surface area contributed by atoms with Gasteiger partial charge in [0.05, 0.1) is 17.9 Å². The molecule has 2 aliphatic heterocycles. The number of anilines is 2. The number of nitrogens with one attached hydrogen (secondary N) is 1. The lowest BCUT2D eigenvalue weighted by atomic mass is 10.1. The van der Waals surface area contributed by atoms with E-state index in [4.69, 9.17) is 4.74 Å². The molecule has 146 valence electrons. The Balaban J connectivity index is 1.32. The van der Waals surface area contributed by atoms with Crippen molar-refractivity contribution in [1.82, 2.24) is 4.90 Å². The molecule has 1 N–H and O–H groups in total. The van der Waals surface area contributed by atoms with E-state index in [0.29, 0.717) is 11.4 Å². The summed E-state index contributed by atoms with van der Waals surface area (Å²) in [6.07, 6.45) is 1.64. The molecular formula is C21H22FN3O3. The van der Waals surface area contributed by atoms with E-state index in [1.807, 2.05) is 18.2 Å². The number of hydrogen-bond acceptors (Lipinski definition) is 4. The molecule has 4 rings (SSSR count). The number of rotatable bonds is 4. The Morgan fingerprint density at radius 1 is 1.11 bits per heavy atom. The number of amides is 2. The van der Waals surface area contributed by atoms with E-state index in [2.05, 4.69) is 10.2 Å². The van der Waals surface area contributed by atoms with Crippen molar-refractivity contribution in [3.63, 3.8) is 0 Å². The highest BCUT2D eigenvalue weighted by Crippen LogP contribution is 2.29. The van der Waals surface area contributed by atoms with E-state index in [0.717, 1.165) is 31.6 Å². The highest BCUT2D eigenvalue weighted by atomic mass is 19.1. The van der Waals surface area contributed by atoms with Gasteiger partial charge in [0.25, 0.3) is 0 Å². The minimum Gasteiger partial charge on any atom is -0.490 e. The third-order valence-corrected chi connectivity index (χ3v) is 5.08. The maximum atomic E-state index is 13.0. The van der Waals surface area contributed by atoms with Crippen LogP contribution in [-0.4, -0.2) is 49.0 Å². The van der Waals surface area contributed by atoms with Crippen LogP contribution in [-0.2, 0) is 9.59 Å². The summed E-state index contributed by atoms with van der Waals surface area (Å²) in [5.74, 6) is 0.110. The second-order valence-electron chi connectivity index (χ2n) is 7.09. The number of carbonyl (C=O) groups excluding carboxylic acids is 2. The second kappa shape index (κ2) is 7.98. The Morgan fingerprint density at radius 3 is 2.57 bits per heavy atom. The van der Waals surface area contributed by atoms with Crippen LogP contribution in [0.2, 0.25) is 0 Å². The number of nitrogens with zero attached hydrogens (tertiary/aromatic N) is 2. The van der Waals surface area contributed by atoms with Crippen molar-refractivity contribution in [3.8, 4) is 5.75 Å². The highest BCUT2D eigenvalue weighted by Gasteiger charge is 2.29. The molecule has 2 aromatic carbocycles.